The van der Waals surface area contributed by atoms with E-state index in [1.807, 2.05) is 55.1 Å². The fourth-order valence-corrected chi connectivity index (χ4v) is 3.90. The Morgan fingerprint density at radius 2 is 2.06 bits per heavy atom. The van der Waals surface area contributed by atoms with Crippen LogP contribution < -0.4 is 10.2 Å². The number of hydrogen-bond donors (Lipinski definition) is 1. The van der Waals surface area contributed by atoms with Gasteiger partial charge in [-0.25, -0.2) is 9.78 Å². The van der Waals surface area contributed by atoms with E-state index in [2.05, 4.69) is 25.4 Å². The number of aryl methyl sites for hydroxylation is 1. The van der Waals surface area contributed by atoms with Crippen molar-refractivity contribution in [3.8, 4) is 5.82 Å². The van der Waals surface area contributed by atoms with Crippen molar-refractivity contribution in [1.29, 1.82) is 0 Å². The summed E-state index contributed by atoms with van der Waals surface area (Å²) in [7, 11) is 1.85. The van der Waals surface area contributed by atoms with E-state index < -0.39 is 0 Å². The molecule has 3 heterocycles. The van der Waals surface area contributed by atoms with Gasteiger partial charge in [0.1, 0.15) is 6.33 Å². The summed E-state index contributed by atoms with van der Waals surface area (Å²) in [4.78, 5) is 20.7. The van der Waals surface area contributed by atoms with Crippen LogP contribution in [0.1, 0.15) is 24.0 Å². The number of carbonyl (C=O) groups is 1. The molecule has 2 aromatic heterocycles. The zero-order valence-corrected chi connectivity index (χ0v) is 18.5. The lowest BCUT2D eigenvalue weighted by molar-refractivity contribution is 0.182. The molecule has 0 aliphatic carbocycles. The van der Waals surface area contributed by atoms with E-state index in [0.717, 1.165) is 53.7 Å². The third kappa shape index (κ3) is 4.96. The Balaban J connectivity index is 1.34. The van der Waals surface area contributed by atoms with E-state index in [1.54, 1.807) is 17.4 Å². The fourth-order valence-electron chi connectivity index (χ4n) is 3.78. The highest BCUT2D eigenvalue weighted by atomic mass is 35.5. The van der Waals surface area contributed by atoms with Gasteiger partial charge in [0.05, 0.1) is 6.04 Å². The minimum atomic E-state index is -0.0824. The zero-order valence-electron chi connectivity index (χ0n) is 17.7. The maximum absolute atomic E-state index is 12.7. The van der Waals surface area contributed by atoms with Crippen LogP contribution in [0.2, 0.25) is 5.02 Å². The van der Waals surface area contributed by atoms with Crippen LogP contribution >= 0.6 is 11.6 Å². The average molecular weight is 440 g/mol. The number of likely N-dealkylation sites (N-methyl/N-ethyl adjacent to an activating group) is 1. The molecule has 0 radical (unpaired) electrons. The number of benzene rings is 1. The van der Waals surface area contributed by atoms with Crippen molar-refractivity contribution in [3.05, 3.63) is 65.2 Å². The summed E-state index contributed by atoms with van der Waals surface area (Å²) in [6.07, 6.45) is 7.18. The van der Waals surface area contributed by atoms with Gasteiger partial charge in [-0.2, -0.15) is 0 Å². The Kier molecular flexibility index (Phi) is 6.36. The topological polar surface area (TPSA) is 79.2 Å². The third-order valence-electron chi connectivity index (χ3n) is 5.66. The number of aromatic nitrogens is 4. The van der Waals surface area contributed by atoms with Gasteiger partial charge in [0.15, 0.2) is 11.6 Å². The Morgan fingerprint density at radius 3 is 2.77 bits per heavy atom. The van der Waals surface area contributed by atoms with Gasteiger partial charge < -0.3 is 15.1 Å². The number of hydrogen-bond acceptors (Lipinski definition) is 5. The minimum Gasteiger partial charge on any atom is -0.353 e. The first-order valence-corrected chi connectivity index (χ1v) is 10.7. The van der Waals surface area contributed by atoms with Gasteiger partial charge in [0, 0.05) is 44.1 Å². The molecule has 1 fully saturated rings. The summed E-state index contributed by atoms with van der Waals surface area (Å²) in [6, 6.07) is 9.71. The molecule has 3 aromatic rings. The molecule has 0 spiro atoms. The normalized spacial score (nSPS) is 16.2. The van der Waals surface area contributed by atoms with Gasteiger partial charge in [-0.1, -0.05) is 23.7 Å². The molecule has 4 rings (SSSR count). The smallest absolute Gasteiger partial charge is 0.317 e. The summed E-state index contributed by atoms with van der Waals surface area (Å²) >= 11 is 6.08. The molecule has 1 saturated heterocycles. The molecule has 1 aromatic carbocycles. The molecule has 8 nitrogen and oxygen atoms in total. The van der Waals surface area contributed by atoms with Crippen molar-refractivity contribution in [2.45, 2.75) is 32.4 Å². The maximum Gasteiger partial charge on any atom is 0.317 e. The van der Waals surface area contributed by atoms with Gasteiger partial charge in [-0.05, 0) is 49.1 Å². The SMILES string of the molecule is Cc1cc(CNC(=O)N(C)[C@@H]2CCCN(c3ccc(-n4ccnc4)nn3)C2)ccc1Cl. The largest absolute Gasteiger partial charge is 0.353 e. The summed E-state index contributed by atoms with van der Waals surface area (Å²) in [6.45, 7) is 4.05. The lowest BCUT2D eigenvalue weighted by Gasteiger charge is -2.38. The zero-order chi connectivity index (χ0) is 21.8. The standard InChI is InChI=1S/C22H26ClN7O/c1-16-12-17(5-6-19(16)23)13-25-22(31)28(2)18-4-3-10-29(14-18)20-7-8-21(27-26-20)30-11-9-24-15-30/h5-9,11-12,15,18H,3-4,10,13-14H2,1-2H3,(H,25,31)/t18-/m1/s1. The van der Waals surface area contributed by atoms with Crippen LogP contribution in [0.5, 0.6) is 0 Å². The number of imidazole rings is 1. The first-order valence-electron chi connectivity index (χ1n) is 10.3. The van der Waals surface area contributed by atoms with E-state index in [0.29, 0.717) is 6.54 Å². The van der Waals surface area contributed by atoms with Crippen LogP contribution in [0.4, 0.5) is 10.6 Å². The highest BCUT2D eigenvalue weighted by molar-refractivity contribution is 6.31. The Morgan fingerprint density at radius 1 is 1.26 bits per heavy atom. The van der Waals surface area contributed by atoms with Crippen molar-refractivity contribution in [3.63, 3.8) is 0 Å². The van der Waals surface area contributed by atoms with Crippen molar-refractivity contribution in [2.24, 2.45) is 0 Å². The monoisotopic (exact) mass is 439 g/mol. The van der Waals surface area contributed by atoms with Gasteiger partial charge in [0.2, 0.25) is 0 Å². The van der Waals surface area contributed by atoms with Gasteiger partial charge in [-0.3, -0.25) is 4.57 Å². The molecule has 0 unspecified atom stereocenters. The predicted molar refractivity (Wildman–Crippen MR) is 121 cm³/mol. The number of piperidine rings is 1. The number of nitrogens with zero attached hydrogens (tertiary/aromatic N) is 6. The number of urea groups is 1. The predicted octanol–water partition coefficient (Wildman–Crippen LogP) is 3.43. The summed E-state index contributed by atoms with van der Waals surface area (Å²) < 4.78 is 1.82. The second-order valence-electron chi connectivity index (χ2n) is 7.81. The molecule has 0 bridgehead atoms. The number of anilines is 1. The number of amides is 2. The van der Waals surface area contributed by atoms with Gasteiger partial charge >= 0.3 is 6.03 Å². The van der Waals surface area contributed by atoms with Crippen molar-refractivity contribution < 1.29 is 4.79 Å². The van der Waals surface area contributed by atoms with Crippen LogP contribution in [0.25, 0.3) is 5.82 Å². The molecule has 9 heteroatoms. The van der Waals surface area contributed by atoms with E-state index in [9.17, 15) is 4.79 Å². The molecule has 1 aliphatic heterocycles. The lowest BCUT2D eigenvalue weighted by atomic mass is 10.0. The second kappa shape index (κ2) is 9.34. The van der Waals surface area contributed by atoms with E-state index in [-0.39, 0.29) is 12.1 Å². The van der Waals surface area contributed by atoms with Crippen molar-refractivity contribution >= 4 is 23.4 Å². The van der Waals surface area contributed by atoms with E-state index in [1.165, 1.54) is 0 Å². The Bertz CT molecular complexity index is 1020. The molecule has 1 N–H and O–H groups in total. The maximum atomic E-state index is 12.7. The molecule has 162 valence electrons. The number of rotatable bonds is 5. The van der Waals surface area contributed by atoms with Crippen LogP contribution in [-0.2, 0) is 6.54 Å². The summed E-state index contributed by atoms with van der Waals surface area (Å²) in [5.74, 6) is 1.54. The molecule has 1 atom stereocenters. The Labute approximate surface area is 186 Å². The molecule has 31 heavy (non-hydrogen) atoms. The van der Waals surface area contributed by atoms with Gasteiger partial charge in [0.25, 0.3) is 0 Å². The highest BCUT2D eigenvalue weighted by Gasteiger charge is 2.27. The molecular weight excluding hydrogens is 414 g/mol. The number of carbonyl (C=O) groups excluding carboxylic acids is 1. The number of nitrogens with one attached hydrogen (secondary N) is 1. The summed E-state index contributed by atoms with van der Waals surface area (Å²) in [5.41, 5.74) is 2.03. The highest BCUT2D eigenvalue weighted by Crippen LogP contribution is 2.21. The molecule has 0 saturated carbocycles. The van der Waals surface area contributed by atoms with E-state index >= 15 is 0 Å². The van der Waals surface area contributed by atoms with Crippen LogP contribution in [-0.4, -0.2) is 56.9 Å². The molecule has 2 amide bonds. The van der Waals surface area contributed by atoms with E-state index in [4.69, 9.17) is 11.6 Å². The number of halogens is 1. The molecular formula is C22H26ClN7O. The Hall–Kier alpha value is -3.13. The van der Waals surface area contributed by atoms with Gasteiger partial charge in [-0.15, -0.1) is 10.2 Å². The fraction of sp³-hybridized carbons (Fsp3) is 0.364. The van der Waals surface area contributed by atoms with Crippen molar-refractivity contribution in [2.75, 3.05) is 25.0 Å². The summed E-state index contributed by atoms with van der Waals surface area (Å²) in [5, 5.41) is 12.4. The van der Waals surface area contributed by atoms with Crippen molar-refractivity contribution in [1.82, 2.24) is 30.0 Å². The quantitative estimate of drug-likeness (QED) is 0.658. The molecule has 1 aliphatic rings. The average Bonchev–Trinajstić information content (AvgIpc) is 3.34. The first kappa shape index (κ1) is 21.1. The first-order chi connectivity index (χ1) is 15.0. The van der Waals surface area contributed by atoms with Crippen LogP contribution in [0.3, 0.4) is 0 Å². The minimum absolute atomic E-state index is 0.0824. The lowest BCUT2D eigenvalue weighted by Crippen LogP contribution is -2.51. The second-order valence-corrected chi connectivity index (χ2v) is 8.22. The van der Waals surface area contributed by atoms with Crippen LogP contribution in [0.15, 0.2) is 49.1 Å². The van der Waals surface area contributed by atoms with Crippen LogP contribution in [0, 0.1) is 6.92 Å². The third-order valence-corrected chi connectivity index (χ3v) is 6.08.